The summed E-state index contributed by atoms with van der Waals surface area (Å²) in [5, 5.41) is 0.451. The first-order chi connectivity index (χ1) is 9.78. The monoisotopic (exact) mass is 388 g/mol. The minimum Gasteiger partial charge on any atom is -0.443 e. The van der Waals surface area contributed by atoms with Crippen LogP contribution in [0.1, 0.15) is 20.8 Å². The van der Waals surface area contributed by atoms with Crippen LogP contribution in [0.3, 0.4) is 0 Å². The fourth-order valence-corrected chi connectivity index (χ4v) is 3.02. The molecule has 0 spiro atoms. The summed E-state index contributed by atoms with van der Waals surface area (Å²) < 4.78 is 6.44. The lowest BCUT2D eigenvalue weighted by Gasteiger charge is -2.25. The maximum absolute atomic E-state index is 12.5. The Morgan fingerprint density at radius 1 is 1.33 bits per heavy atom. The molecule has 0 aliphatic carbocycles. The minimum atomic E-state index is -0.595. The van der Waals surface area contributed by atoms with Crippen LogP contribution in [0.15, 0.2) is 34.9 Å². The summed E-state index contributed by atoms with van der Waals surface area (Å²) in [6, 6.07) is 9.19. The quantitative estimate of drug-likeness (QED) is 0.668. The average Bonchev–Trinajstić information content (AvgIpc) is 2.68. The van der Waals surface area contributed by atoms with E-state index in [0.29, 0.717) is 19.8 Å². The molecule has 0 aliphatic heterocycles. The average molecular weight is 390 g/mol. The lowest BCUT2D eigenvalue weighted by Crippen LogP contribution is -2.33. The Hall–Kier alpha value is -1.11. The molecule has 0 aliphatic rings. The lowest BCUT2D eigenvalue weighted by molar-refractivity contribution is 0.0599. The minimum absolute atomic E-state index is 0.451. The van der Waals surface area contributed by atoms with Crippen LogP contribution in [0.25, 0.3) is 0 Å². The molecule has 0 fully saturated rings. The molecule has 21 heavy (non-hydrogen) atoms. The number of amides is 1. The van der Waals surface area contributed by atoms with Gasteiger partial charge in [0.15, 0.2) is 0 Å². The van der Waals surface area contributed by atoms with Crippen molar-refractivity contribution in [3.05, 3.63) is 39.3 Å². The standard InChI is InChI=1S/C14H14BrClN2O2S/c1-14(2,3)20-13(19)18(9-7-5-4-6-8-9)12-17-10(15)11(16)21-12/h4-8H,1-3H3. The van der Waals surface area contributed by atoms with Crippen LogP contribution in [0.5, 0.6) is 0 Å². The molecule has 1 aromatic carbocycles. The molecule has 1 aromatic heterocycles. The van der Waals surface area contributed by atoms with Gasteiger partial charge in [0.2, 0.25) is 5.13 Å². The predicted octanol–water partition coefficient (Wildman–Crippen LogP) is 5.63. The van der Waals surface area contributed by atoms with Crippen molar-refractivity contribution in [1.29, 1.82) is 0 Å². The summed E-state index contributed by atoms with van der Waals surface area (Å²) in [6.07, 6.45) is -0.494. The second kappa shape index (κ2) is 6.34. The Morgan fingerprint density at radius 2 is 1.95 bits per heavy atom. The number of nitrogens with zero attached hydrogens (tertiary/aromatic N) is 2. The highest BCUT2D eigenvalue weighted by Gasteiger charge is 2.27. The Bertz CT molecular complexity index is 621. The zero-order valence-electron chi connectivity index (χ0n) is 11.8. The van der Waals surface area contributed by atoms with Gasteiger partial charge in [0.25, 0.3) is 0 Å². The first-order valence-corrected chi connectivity index (χ1v) is 8.16. The topological polar surface area (TPSA) is 42.4 Å². The lowest BCUT2D eigenvalue weighted by atomic mass is 10.2. The van der Waals surface area contributed by atoms with Crippen molar-refractivity contribution in [1.82, 2.24) is 4.98 Å². The van der Waals surface area contributed by atoms with Gasteiger partial charge in [0, 0.05) is 0 Å². The maximum atomic E-state index is 12.5. The fourth-order valence-electron chi connectivity index (χ4n) is 1.55. The number of rotatable bonds is 2. The van der Waals surface area contributed by atoms with E-state index >= 15 is 0 Å². The number of ether oxygens (including phenoxy) is 1. The van der Waals surface area contributed by atoms with E-state index in [2.05, 4.69) is 20.9 Å². The van der Waals surface area contributed by atoms with E-state index in [-0.39, 0.29) is 0 Å². The zero-order valence-corrected chi connectivity index (χ0v) is 14.9. The molecule has 0 radical (unpaired) electrons. The van der Waals surface area contributed by atoms with Gasteiger partial charge in [-0.25, -0.2) is 14.7 Å². The fraction of sp³-hybridized carbons (Fsp3) is 0.286. The normalized spacial score (nSPS) is 11.3. The number of carbonyl (C=O) groups excluding carboxylic acids is 1. The van der Waals surface area contributed by atoms with Crippen molar-refractivity contribution in [3.8, 4) is 0 Å². The smallest absolute Gasteiger partial charge is 0.421 e. The molecule has 0 saturated carbocycles. The molecule has 2 aromatic rings. The zero-order chi connectivity index (χ0) is 15.6. The Morgan fingerprint density at radius 3 is 2.43 bits per heavy atom. The van der Waals surface area contributed by atoms with Gasteiger partial charge in [-0.05, 0) is 48.8 Å². The summed E-state index contributed by atoms with van der Waals surface area (Å²) in [5.74, 6) is 0. The van der Waals surface area contributed by atoms with Gasteiger partial charge in [-0.1, -0.05) is 41.1 Å². The van der Waals surface area contributed by atoms with Gasteiger partial charge in [-0.2, -0.15) is 0 Å². The number of hydrogen-bond acceptors (Lipinski definition) is 4. The maximum Gasteiger partial charge on any atom is 0.421 e. The molecule has 2 rings (SSSR count). The number of hydrogen-bond donors (Lipinski definition) is 0. The van der Waals surface area contributed by atoms with Gasteiger partial charge in [-0.15, -0.1) is 0 Å². The third kappa shape index (κ3) is 4.18. The number of thiazole rings is 1. The third-order valence-electron chi connectivity index (χ3n) is 2.32. The molecule has 0 bridgehead atoms. The number of aromatic nitrogens is 1. The second-order valence-electron chi connectivity index (χ2n) is 5.21. The van der Waals surface area contributed by atoms with Crippen LogP contribution >= 0.6 is 38.9 Å². The van der Waals surface area contributed by atoms with Crippen LogP contribution in [0.4, 0.5) is 15.6 Å². The van der Waals surface area contributed by atoms with E-state index in [9.17, 15) is 4.79 Å². The molecular weight excluding hydrogens is 376 g/mol. The largest absolute Gasteiger partial charge is 0.443 e. The first-order valence-electron chi connectivity index (χ1n) is 6.18. The van der Waals surface area contributed by atoms with Gasteiger partial charge in [-0.3, -0.25) is 0 Å². The SMILES string of the molecule is CC(C)(C)OC(=O)N(c1ccccc1)c1nc(Br)c(Cl)s1. The van der Waals surface area contributed by atoms with Crippen molar-refractivity contribution in [3.63, 3.8) is 0 Å². The van der Waals surface area contributed by atoms with Crippen molar-refractivity contribution in [2.75, 3.05) is 4.90 Å². The van der Waals surface area contributed by atoms with Crippen LogP contribution < -0.4 is 4.90 Å². The predicted molar refractivity (Wildman–Crippen MR) is 89.6 cm³/mol. The van der Waals surface area contributed by atoms with E-state index in [1.807, 2.05) is 51.1 Å². The molecular formula is C14H14BrClN2O2S. The Balaban J connectivity index is 2.42. The summed E-state index contributed by atoms with van der Waals surface area (Å²) in [7, 11) is 0. The van der Waals surface area contributed by atoms with Crippen molar-refractivity contribution in [2.24, 2.45) is 0 Å². The molecule has 112 valence electrons. The number of halogens is 2. The summed E-state index contributed by atoms with van der Waals surface area (Å²) in [4.78, 5) is 18.2. The highest BCUT2D eigenvalue weighted by Crippen LogP contribution is 2.37. The highest BCUT2D eigenvalue weighted by molar-refractivity contribution is 9.10. The van der Waals surface area contributed by atoms with Gasteiger partial charge < -0.3 is 4.74 Å². The molecule has 7 heteroatoms. The molecule has 1 heterocycles. The molecule has 0 N–H and O–H groups in total. The van der Waals surface area contributed by atoms with E-state index < -0.39 is 11.7 Å². The number of para-hydroxylation sites is 1. The molecule has 0 unspecified atom stereocenters. The van der Waals surface area contributed by atoms with E-state index in [0.717, 1.165) is 0 Å². The van der Waals surface area contributed by atoms with Crippen LogP contribution in [-0.4, -0.2) is 16.7 Å². The number of anilines is 2. The third-order valence-corrected chi connectivity index (χ3v) is 4.62. The first kappa shape index (κ1) is 16.3. The van der Waals surface area contributed by atoms with E-state index in [1.165, 1.54) is 16.2 Å². The van der Waals surface area contributed by atoms with Crippen LogP contribution in [0, 0.1) is 0 Å². The van der Waals surface area contributed by atoms with Gasteiger partial charge in [0.1, 0.15) is 14.5 Å². The molecule has 0 saturated heterocycles. The molecule has 4 nitrogen and oxygen atoms in total. The summed E-state index contributed by atoms with van der Waals surface area (Å²) >= 11 is 10.5. The summed E-state index contributed by atoms with van der Waals surface area (Å²) in [5.41, 5.74) is 0.0761. The summed E-state index contributed by atoms with van der Waals surface area (Å²) in [6.45, 7) is 5.45. The van der Waals surface area contributed by atoms with Gasteiger partial charge >= 0.3 is 6.09 Å². The highest BCUT2D eigenvalue weighted by atomic mass is 79.9. The van der Waals surface area contributed by atoms with Crippen molar-refractivity contribution < 1.29 is 9.53 Å². The molecule has 0 atom stereocenters. The van der Waals surface area contributed by atoms with Crippen LogP contribution in [-0.2, 0) is 4.74 Å². The van der Waals surface area contributed by atoms with Crippen LogP contribution in [0.2, 0.25) is 4.34 Å². The second-order valence-corrected chi connectivity index (χ2v) is 7.54. The van der Waals surface area contributed by atoms with E-state index in [4.69, 9.17) is 16.3 Å². The number of benzene rings is 1. The van der Waals surface area contributed by atoms with Crippen molar-refractivity contribution in [2.45, 2.75) is 26.4 Å². The number of carbonyl (C=O) groups is 1. The van der Waals surface area contributed by atoms with E-state index in [1.54, 1.807) is 0 Å². The Kier molecular flexibility index (Phi) is 4.91. The Labute approximate surface area is 140 Å². The molecule has 1 amide bonds. The van der Waals surface area contributed by atoms with Gasteiger partial charge in [0.05, 0.1) is 5.69 Å². The van der Waals surface area contributed by atoms with Crippen molar-refractivity contribution >= 4 is 55.8 Å².